The van der Waals surface area contributed by atoms with Crippen molar-refractivity contribution < 1.29 is 19.0 Å². The van der Waals surface area contributed by atoms with Gasteiger partial charge in [-0.25, -0.2) is 9.97 Å². The Bertz CT molecular complexity index is 1280. The van der Waals surface area contributed by atoms with Crippen LogP contribution in [0.1, 0.15) is 26.2 Å². The van der Waals surface area contributed by atoms with Crippen LogP contribution in [0.3, 0.4) is 0 Å². The summed E-state index contributed by atoms with van der Waals surface area (Å²) in [5, 5.41) is 12.1. The molecule has 1 saturated heterocycles. The molecular weight excluding hydrogens is 524 g/mol. The highest BCUT2D eigenvalue weighted by Crippen LogP contribution is 2.42. The summed E-state index contributed by atoms with van der Waals surface area (Å²) in [6.45, 7) is 3.93. The van der Waals surface area contributed by atoms with Gasteiger partial charge in [0.25, 0.3) is 0 Å². The number of hydrogen-bond donors (Lipinski definition) is 3. The fourth-order valence-electron chi connectivity index (χ4n) is 4.26. The van der Waals surface area contributed by atoms with Crippen LogP contribution < -0.4 is 20.3 Å². The lowest BCUT2D eigenvalue weighted by Gasteiger charge is -2.29. The first-order valence-electron chi connectivity index (χ1n) is 11.2. The van der Waals surface area contributed by atoms with Crippen LogP contribution in [0.5, 0.6) is 11.5 Å². The van der Waals surface area contributed by atoms with Gasteiger partial charge >= 0.3 is 5.97 Å². The Morgan fingerprint density at radius 1 is 1.38 bits per heavy atom. The number of esters is 1. The molecule has 3 N–H and O–H groups in total. The number of imidazole rings is 1. The smallest absolute Gasteiger partial charge is 0.323 e. The molecule has 34 heavy (non-hydrogen) atoms. The lowest BCUT2D eigenvalue weighted by atomic mass is 9.90. The largest absolute Gasteiger partial charge is 0.465 e. The van der Waals surface area contributed by atoms with Gasteiger partial charge in [-0.3, -0.25) is 10.2 Å². The zero-order valence-electron chi connectivity index (χ0n) is 18.6. The second-order valence-electron chi connectivity index (χ2n) is 8.20. The minimum atomic E-state index is -0.244. The quantitative estimate of drug-likeness (QED) is 0.384. The number of ether oxygens (including phenoxy) is 3. The summed E-state index contributed by atoms with van der Waals surface area (Å²) in [5.74, 6) is 1.62. The van der Waals surface area contributed by atoms with E-state index in [2.05, 4.69) is 31.2 Å². The lowest BCUT2D eigenvalue weighted by Crippen LogP contribution is -2.44. The summed E-state index contributed by atoms with van der Waals surface area (Å²) in [4.78, 5) is 25.3. The number of halogens is 1. The number of fused-ring (bicyclic) bond motifs is 2. The van der Waals surface area contributed by atoms with E-state index < -0.39 is 0 Å². The molecule has 0 saturated carbocycles. The van der Waals surface area contributed by atoms with E-state index in [-0.39, 0.29) is 24.3 Å². The van der Waals surface area contributed by atoms with Crippen molar-refractivity contribution in [3.05, 3.63) is 28.4 Å². The molecule has 0 aliphatic carbocycles. The van der Waals surface area contributed by atoms with Gasteiger partial charge in [0.2, 0.25) is 6.79 Å². The summed E-state index contributed by atoms with van der Waals surface area (Å²) < 4.78 is 18.9. The van der Waals surface area contributed by atoms with E-state index in [4.69, 9.17) is 24.6 Å². The average molecular weight is 549 g/mol. The molecule has 4 heterocycles. The summed E-state index contributed by atoms with van der Waals surface area (Å²) in [6, 6.07) is 3.55. The van der Waals surface area contributed by atoms with E-state index >= 15 is 0 Å². The molecule has 2 atom stereocenters. The van der Waals surface area contributed by atoms with Crippen LogP contribution in [0.2, 0.25) is 0 Å². The van der Waals surface area contributed by atoms with Gasteiger partial charge in [0.15, 0.2) is 27.8 Å². The molecule has 0 bridgehead atoms. The number of aromatic nitrogens is 4. The Hall–Kier alpha value is -2.57. The Morgan fingerprint density at radius 2 is 2.21 bits per heavy atom. The molecule has 2 aliphatic rings. The second-order valence-corrected chi connectivity index (χ2v) is 10.1. The highest BCUT2D eigenvalue weighted by molar-refractivity contribution is 9.10. The lowest BCUT2D eigenvalue weighted by molar-refractivity contribution is -0.146. The van der Waals surface area contributed by atoms with Crippen LogP contribution in [-0.2, 0) is 16.1 Å². The average Bonchev–Trinajstić information content (AvgIpc) is 3.46. The van der Waals surface area contributed by atoms with E-state index in [1.54, 1.807) is 6.33 Å². The SMILES string of the molecule is CCOC(=O)[C@@H]1C[C@H](CCn2cnc(=N)c3[nH]c(Sc4cc5c(cc4Br)OCO5)nc32)CCN1. The number of carbonyl (C=O) groups is 1. The van der Waals surface area contributed by atoms with Gasteiger partial charge in [0.1, 0.15) is 11.6 Å². The maximum Gasteiger partial charge on any atom is 0.323 e. The molecular formula is C22H25BrN6O4S. The molecule has 1 fully saturated rings. The topological polar surface area (TPSA) is 127 Å². The van der Waals surface area contributed by atoms with Crippen molar-refractivity contribution in [1.29, 1.82) is 5.41 Å². The third-order valence-electron chi connectivity index (χ3n) is 5.99. The number of hydrogen-bond acceptors (Lipinski definition) is 9. The first kappa shape index (κ1) is 23.2. The molecule has 2 aliphatic heterocycles. The van der Waals surface area contributed by atoms with Gasteiger partial charge in [0.05, 0.1) is 12.9 Å². The highest BCUT2D eigenvalue weighted by Gasteiger charge is 2.28. The highest BCUT2D eigenvalue weighted by atomic mass is 79.9. The summed E-state index contributed by atoms with van der Waals surface area (Å²) in [6.07, 6.45) is 4.31. The number of aromatic amines is 1. The molecule has 180 valence electrons. The third kappa shape index (κ3) is 4.80. The summed E-state index contributed by atoms with van der Waals surface area (Å²) in [7, 11) is 0. The van der Waals surface area contributed by atoms with E-state index in [1.165, 1.54) is 11.8 Å². The Balaban J connectivity index is 1.32. The number of carbonyl (C=O) groups excluding carboxylic acids is 1. The molecule has 0 unspecified atom stereocenters. The van der Waals surface area contributed by atoms with Gasteiger partial charge in [-0.1, -0.05) is 11.8 Å². The number of aryl methyl sites for hydroxylation is 1. The molecule has 2 aromatic heterocycles. The predicted octanol–water partition coefficient (Wildman–Crippen LogP) is 3.20. The molecule has 5 rings (SSSR count). The first-order chi connectivity index (χ1) is 16.5. The van der Waals surface area contributed by atoms with E-state index in [0.29, 0.717) is 46.9 Å². The molecule has 0 amide bonds. The molecule has 12 heteroatoms. The van der Waals surface area contributed by atoms with Gasteiger partial charge in [0, 0.05) is 15.9 Å². The molecule has 1 aromatic carbocycles. The number of piperidine rings is 1. The van der Waals surface area contributed by atoms with Crippen LogP contribution in [0, 0.1) is 11.3 Å². The molecule has 0 radical (unpaired) electrons. The second kappa shape index (κ2) is 9.96. The molecule has 0 spiro atoms. The van der Waals surface area contributed by atoms with E-state index in [1.807, 2.05) is 23.6 Å². The minimum Gasteiger partial charge on any atom is -0.465 e. The summed E-state index contributed by atoms with van der Waals surface area (Å²) in [5.41, 5.74) is 1.44. The standard InChI is InChI=1S/C22H25BrN6O4S/c1-2-31-21(30)14-7-12(3-5-25-14)4-6-29-10-26-19(24)18-20(29)28-22(27-18)34-17-9-16-15(8-13(17)23)32-11-33-16/h8-10,12,14,24-25H,2-7,11H2,1H3,(H,27,28)/t12-,14-/m0/s1. The first-order valence-corrected chi connectivity index (χ1v) is 12.8. The van der Waals surface area contributed by atoms with Crippen molar-refractivity contribution in [2.75, 3.05) is 19.9 Å². The molecule has 10 nitrogen and oxygen atoms in total. The van der Waals surface area contributed by atoms with Crippen LogP contribution in [0.4, 0.5) is 0 Å². The van der Waals surface area contributed by atoms with Crippen molar-refractivity contribution in [3.63, 3.8) is 0 Å². The van der Waals surface area contributed by atoms with Crippen LogP contribution in [0.25, 0.3) is 11.2 Å². The van der Waals surface area contributed by atoms with Crippen LogP contribution in [0.15, 0.2) is 33.0 Å². The zero-order chi connectivity index (χ0) is 23.7. The maximum atomic E-state index is 12.1. The zero-order valence-corrected chi connectivity index (χ0v) is 21.0. The molecule has 3 aromatic rings. The maximum absolute atomic E-state index is 12.1. The number of nitrogens with one attached hydrogen (secondary N) is 3. The van der Waals surface area contributed by atoms with Crippen molar-refractivity contribution >= 4 is 44.8 Å². The van der Waals surface area contributed by atoms with Crippen molar-refractivity contribution in [2.24, 2.45) is 5.92 Å². The van der Waals surface area contributed by atoms with E-state index in [9.17, 15) is 4.79 Å². The van der Waals surface area contributed by atoms with E-state index in [0.717, 1.165) is 35.2 Å². The Morgan fingerprint density at radius 3 is 3.03 bits per heavy atom. The fourth-order valence-corrected chi connectivity index (χ4v) is 5.64. The fraction of sp³-hybridized carbons (Fsp3) is 0.455. The number of benzene rings is 1. The van der Waals surface area contributed by atoms with Crippen LogP contribution >= 0.6 is 27.7 Å². The normalized spacial score (nSPS) is 19.5. The van der Waals surface area contributed by atoms with Crippen molar-refractivity contribution in [1.82, 2.24) is 24.8 Å². The predicted molar refractivity (Wildman–Crippen MR) is 128 cm³/mol. The van der Waals surface area contributed by atoms with Gasteiger partial charge in [-0.15, -0.1) is 0 Å². The third-order valence-corrected chi connectivity index (χ3v) is 7.86. The van der Waals surface area contributed by atoms with Gasteiger partial charge < -0.3 is 29.1 Å². The van der Waals surface area contributed by atoms with Gasteiger partial charge in [-0.05, 0) is 66.7 Å². The monoisotopic (exact) mass is 548 g/mol. The minimum absolute atomic E-state index is 0.152. The number of H-pyrrole nitrogens is 1. The van der Waals surface area contributed by atoms with Crippen LogP contribution in [-0.4, -0.2) is 51.5 Å². The van der Waals surface area contributed by atoms with Gasteiger partial charge in [-0.2, -0.15) is 0 Å². The number of rotatable bonds is 7. The Labute approximate surface area is 208 Å². The van der Waals surface area contributed by atoms with Crippen molar-refractivity contribution in [2.45, 2.75) is 48.8 Å². The van der Waals surface area contributed by atoms with Crippen molar-refractivity contribution in [3.8, 4) is 11.5 Å². The summed E-state index contributed by atoms with van der Waals surface area (Å²) >= 11 is 5.03. The Kier molecular flexibility index (Phi) is 6.79. The number of nitrogens with zero attached hydrogens (tertiary/aromatic N) is 3.